The Morgan fingerprint density at radius 3 is 2.05 bits per heavy atom. The van der Waals surface area contributed by atoms with Gasteiger partial charge in [-0.2, -0.15) is 0 Å². The fourth-order valence-corrected chi connectivity index (χ4v) is 4.23. The molecule has 0 bridgehead atoms. The van der Waals surface area contributed by atoms with Gasteiger partial charge in [0.05, 0.1) is 12.5 Å². The van der Waals surface area contributed by atoms with Gasteiger partial charge < -0.3 is 5.32 Å². The number of amides is 2. The van der Waals surface area contributed by atoms with Gasteiger partial charge in [-0.25, -0.2) is 21.6 Å². The molecule has 0 atom stereocenters. The molecule has 0 radical (unpaired) electrons. The van der Waals surface area contributed by atoms with Gasteiger partial charge in [0.15, 0.2) is 0 Å². The Labute approximate surface area is 122 Å². The number of anilines is 1. The van der Waals surface area contributed by atoms with E-state index in [0.29, 0.717) is 17.5 Å². The molecule has 7 nitrogen and oxygen atoms in total. The number of sulfonamides is 2. The molecule has 0 saturated heterocycles. The largest absolute Gasteiger partial charge is 0.349 e. The van der Waals surface area contributed by atoms with Gasteiger partial charge in [-0.1, -0.05) is 17.7 Å². The number of carbonyl (C=O) groups excluding carboxylic acids is 1. The first kappa shape index (κ1) is 16.7. The summed E-state index contributed by atoms with van der Waals surface area (Å²) in [6, 6.07) is 3.16. The Morgan fingerprint density at radius 1 is 1.15 bits per heavy atom. The van der Waals surface area contributed by atoms with Crippen molar-refractivity contribution in [2.75, 3.05) is 17.8 Å². The van der Waals surface area contributed by atoms with Crippen LogP contribution in [0, 0.1) is 6.92 Å². The highest BCUT2D eigenvalue weighted by molar-refractivity contribution is 8.04. The lowest BCUT2D eigenvalue weighted by molar-refractivity contribution is 0.247. The summed E-state index contributed by atoms with van der Waals surface area (Å²) >= 11 is 5.86. The molecule has 0 aliphatic carbocycles. The third-order valence-corrected chi connectivity index (χ3v) is 5.76. The van der Waals surface area contributed by atoms with E-state index in [9.17, 15) is 21.6 Å². The minimum Gasteiger partial charge on any atom is -0.306 e. The van der Waals surface area contributed by atoms with Gasteiger partial charge in [-0.15, -0.1) is 3.71 Å². The Balaban J connectivity index is 3.13. The lowest BCUT2D eigenvalue weighted by atomic mass is 10.2. The number of nitrogens with one attached hydrogen (secondary N) is 1. The first-order chi connectivity index (χ1) is 8.93. The summed E-state index contributed by atoms with van der Waals surface area (Å²) in [6.45, 7) is 1.74. The summed E-state index contributed by atoms with van der Waals surface area (Å²) in [4.78, 5) is 11.8. The van der Waals surface area contributed by atoms with E-state index >= 15 is 0 Å². The van der Waals surface area contributed by atoms with Crippen LogP contribution in [-0.2, 0) is 20.0 Å². The van der Waals surface area contributed by atoms with Gasteiger partial charge in [0.2, 0.25) is 20.0 Å². The quantitative estimate of drug-likeness (QED) is 0.896. The molecule has 10 heteroatoms. The number of carbonyl (C=O) groups is 1. The summed E-state index contributed by atoms with van der Waals surface area (Å²) in [5.41, 5.74) is 0.940. The van der Waals surface area contributed by atoms with Crippen LogP contribution in [0.4, 0.5) is 10.5 Å². The van der Waals surface area contributed by atoms with E-state index in [1.54, 1.807) is 13.0 Å². The number of urea groups is 1. The van der Waals surface area contributed by atoms with Crippen LogP contribution in [0.25, 0.3) is 0 Å². The zero-order chi connectivity index (χ0) is 15.7. The maximum absolute atomic E-state index is 11.8. The Kier molecular flexibility index (Phi) is 4.67. The van der Waals surface area contributed by atoms with Crippen LogP contribution in [0.1, 0.15) is 5.56 Å². The molecule has 0 spiro atoms. The number of rotatable bonds is 3. The van der Waals surface area contributed by atoms with Crippen molar-refractivity contribution in [2.24, 2.45) is 0 Å². The minimum atomic E-state index is -4.26. The van der Waals surface area contributed by atoms with E-state index in [1.807, 2.05) is 0 Å². The second kappa shape index (κ2) is 5.58. The summed E-state index contributed by atoms with van der Waals surface area (Å²) < 4.78 is 45.3. The second-order valence-corrected chi connectivity index (χ2v) is 8.42. The number of halogens is 1. The number of hydrogen-bond acceptors (Lipinski definition) is 5. The molecule has 0 aromatic heterocycles. The van der Waals surface area contributed by atoms with Crippen LogP contribution in [0.5, 0.6) is 0 Å². The summed E-state index contributed by atoms with van der Waals surface area (Å²) in [6.07, 6.45) is 1.24. The minimum absolute atomic E-state index is 0.183. The molecule has 2 amide bonds. The molecular formula is C10H13ClN2O5S2. The van der Waals surface area contributed by atoms with Crippen molar-refractivity contribution in [3.8, 4) is 0 Å². The Bertz CT molecular complexity index is 711. The van der Waals surface area contributed by atoms with Gasteiger partial charge >= 0.3 is 6.03 Å². The maximum Gasteiger partial charge on any atom is 0.349 e. The lowest BCUT2D eigenvalue weighted by Crippen LogP contribution is -2.42. The van der Waals surface area contributed by atoms with Crippen LogP contribution in [-0.4, -0.2) is 39.1 Å². The van der Waals surface area contributed by atoms with Crippen molar-refractivity contribution < 1.29 is 21.6 Å². The fourth-order valence-electron chi connectivity index (χ4n) is 1.39. The standard InChI is InChI=1S/C10H13ClN2O5S2/c1-7-4-5-8(6-9(7)11)12-10(14)13(19(2,15)16)20(3,17)18/h4-6H,1-3H3,(H,12,14). The van der Waals surface area contributed by atoms with Crippen molar-refractivity contribution in [3.05, 3.63) is 28.8 Å². The third-order valence-electron chi connectivity index (χ3n) is 2.19. The summed E-state index contributed by atoms with van der Waals surface area (Å²) in [5.74, 6) is 0. The van der Waals surface area contributed by atoms with Crippen LogP contribution in [0.2, 0.25) is 5.02 Å². The van der Waals surface area contributed by atoms with Crippen LogP contribution >= 0.6 is 11.6 Å². The normalized spacial score (nSPS) is 12.0. The number of hydrogen-bond donors (Lipinski definition) is 1. The molecule has 0 aliphatic heterocycles. The smallest absolute Gasteiger partial charge is 0.306 e. The molecule has 0 heterocycles. The maximum atomic E-state index is 11.8. The van der Waals surface area contributed by atoms with Crippen molar-refractivity contribution in [2.45, 2.75) is 6.92 Å². The molecule has 1 aromatic rings. The molecule has 0 fully saturated rings. The highest BCUT2D eigenvalue weighted by Gasteiger charge is 2.32. The van der Waals surface area contributed by atoms with Crippen molar-refractivity contribution >= 4 is 43.4 Å². The van der Waals surface area contributed by atoms with Crippen LogP contribution < -0.4 is 5.32 Å². The molecule has 1 aromatic carbocycles. The van der Waals surface area contributed by atoms with Crippen molar-refractivity contribution in [1.82, 2.24) is 3.71 Å². The van der Waals surface area contributed by atoms with Gasteiger partial charge in [0.25, 0.3) is 0 Å². The average Bonchev–Trinajstić information content (AvgIpc) is 2.18. The molecule has 112 valence electrons. The van der Waals surface area contributed by atoms with Crippen LogP contribution in [0.3, 0.4) is 0 Å². The molecule has 1 rings (SSSR count). The van der Waals surface area contributed by atoms with Gasteiger partial charge in [-0.05, 0) is 24.6 Å². The predicted octanol–water partition coefficient (Wildman–Crippen LogP) is 1.40. The summed E-state index contributed by atoms with van der Waals surface area (Å²) in [5, 5.41) is 2.52. The number of nitrogens with zero attached hydrogens (tertiary/aromatic N) is 1. The SMILES string of the molecule is Cc1ccc(NC(=O)N(S(C)(=O)=O)S(C)(=O)=O)cc1Cl. The van der Waals surface area contributed by atoms with E-state index < -0.39 is 26.1 Å². The lowest BCUT2D eigenvalue weighted by Gasteiger charge is -2.18. The van der Waals surface area contributed by atoms with E-state index in [1.165, 1.54) is 12.1 Å². The molecule has 20 heavy (non-hydrogen) atoms. The first-order valence-electron chi connectivity index (χ1n) is 5.20. The zero-order valence-electron chi connectivity index (χ0n) is 10.9. The Hall–Kier alpha value is -1.32. The zero-order valence-corrected chi connectivity index (χ0v) is 13.3. The van der Waals surface area contributed by atoms with E-state index in [4.69, 9.17) is 11.6 Å². The predicted molar refractivity (Wildman–Crippen MR) is 76.7 cm³/mol. The van der Waals surface area contributed by atoms with E-state index in [-0.39, 0.29) is 9.40 Å². The molecule has 1 N–H and O–H groups in total. The van der Waals surface area contributed by atoms with Crippen LogP contribution in [0.15, 0.2) is 18.2 Å². The number of benzene rings is 1. The highest BCUT2D eigenvalue weighted by Crippen LogP contribution is 2.20. The first-order valence-corrected chi connectivity index (χ1v) is 9.28. The third kappa shape index (κ3) is 4.09. The average molecular weight is 341 g/mol. The second-order valence-electron chi connectivity index (χ2n) is 4.12. The topological polar surface area (TPSA) is 101 Å². The molecule has 0 aliphatic rings. The van der Waals surface area contributed by atoms with Crippen molar-refractivity contribution in [1.29, 1.82) is 0 Å². The highest BCUT2D eigenvalue weighted by atomic mass is 35.5. The van der Waals surface area contributed by atoms with E-state index in [2.05, 4.69) is 5.32 Å². The molecule has 0 saturated carbocycles. The van der Waals surface area contributed by atoms with Gasteiger partial charge in [-0.3, -0.25) is 0 Å². The van der Waals surface area contributed by atoms with Gasteiger partial charge in [0, 0.05) is 10.7 Å². The monoisotopic (exact) mass is 340 g/mol. The number of aryl methyl sites for hydroxylation is 1. The van der Waals surface area contributed by atoms with Gasteiger partial charge in [0.1, 0.15) is 0 Å². The summed E-state index contributed by atoms with van der Waals surface area (Å²) in [7, 11) is -8.52. The Morgan fingerprint density at radius 2 is 1.65 bits per heavy atom. The molecular weight excluding hydrogens is 328 g/mol. The molecule has 0 unspecified atom stereocenters. The van der Waals surface area contributed by atoms with E-state index in [0.717, 1.165) is 5.56 Å². The van der Waals surface area contributed by atoms with Crippen molar-refractivity contribution in [3.63, 3.8) is 0 Å². The fraction of sp³-hybridized carbons (Fsp3) is 0.300.